The van der Waals surface area contributed by atoms with Gasteiger partial charge in [-0.3, -0.25) is 0 Å². The lowest BCUT2D eigenvalue weighted by Gasteiger charge is -2.07. The van der Waals surface area contributed by atoms with Gasteiger partial charge in [-0.05, 0) is 29.8 Å². The second kappa shape index (κ2) is 8.22. The zero-order valence-electron chi connectivity index (χ0n) is 13.7. The first kappa shape index (κ1) is 18.9. The fraction of sp³-hybridized carbons (Fsp3) is 0.167. The number of benzene rings is 2. The summed E-state index contributed by atoms with van der Waals surface area (Å²) in [7, 11) is -3.49. The first-order chi connectivity index (χ1) is 12.4. The maximum Gasteiger partial charge on any atom is 0.226 e. The van der Waals surface area contributed by atoms with E-state index in [1.807, 2.05) is 30.3 Å². The van der Waals surface area contributed by atoms with Crippen LogP contribution in [0.3, 0.4) is 0 Å². The summed E-state index contributed by atoms with van der Waals surface area (Å²) in [5.74, 6) is 0.345. The average molecular weight is 411 g/mol. The van der Waals surface area contributed by atoms with E-state index in [-0.39, 0.29) is 12.3 Å². The van der Waals surface area contributed by atoms with Crippen LogP contribution in [0.2, 0.25) is 10.0 Å². The Morgan fingerprint density at radius 2 is 1.81 bits per heavy atom. The topological polar surface area (TPSA) is 72.2 Å². The molecule has 1 aromatic heterocycles. The number of sulfonamides is 1. The number of hydrogen-bond donors (Lipinski definition) is 1. The zero-order valence-corrected chi connectivity index (χ0v) is 16.0. The Hall–Kier alpha value is -1.86. The second-order valence-electron chi connectivity index (χ2n) is 5.66. The summed E-state index contributed by atoms with van der Waals surface area (Å²) in [5.41, 5.74) is 2.12. The van der Waals surface area contributed by atoms with Crippen LogP contribution in [0.15, 0.2) is 59.2 Å². The number of aromatic nitrogens is 1. The molecule has 1 heterocycles. The van der Waals surface area contributed by atoms with Gasteiger partial charge in [-0.25, -0.2) is 18.1 Å². The van der Waals surface area contributed by atoms with Crippen LogP contribution in [0.4, 0.5) is 0 Å². The van der Waals surface area contributed by atoms with Gasteiger partial charge < -0.3 is 4.42 Å². The van der Waals surface area contributed by atoms with Gasteiger partial charge in [0.05, 0.1) is 21.5 Å². The maximum absolute atomic E-state index is 12.2. The number of oxazole rings is 1. The van der Waals surface area contributed by atoms with Crippen LogP contribution >= 0.6 is 23.2 Å². The first-order valence-corrected chi connectivity index (χ1v) is 10.2. The Balaban J connectivity index is 1.55. The molecule has 136 valence electrons. The number of halogens is 2. The van der Waals surface area contributed by atoms with Gasteiger partial charge in [-0.1, -0.05) is 47.5 Å². The van der Waals surface area contributed by atoms with Crippen molar-refractivity contribution in [3.05, 3.63) is 76.1 Å². The SMILES string of the molecule is O=S(=O)(Cc1ccc(Cl)c(Cl)c1)NCCc1coc(-c2ccccc2)n1. The normalized spacial score (nSPS) is 11.6. The Kier molecular flexibility index (Phi) is 5.98. The highest BCUT2D eigenvalue weighted by Gasteiger charge is 2.13. The average Bonchev–Trinajstić information content (AvgIpc) is 3.07. The Morgan fingerprint density at radius 3 is 2.54 bits per heavy atom. The molecule has 0 aliphatic heterocycles. The lowest BCUT2D eigenvalue weighted by atomic mass is 10.2. The van der Waals surface area contributed by atoms with Crippen LogP contribution in [0, 0.1) is 0 Å². The molecule has 2 aromatic carbocycles. The molecular weight excluding hydrogens is 395 g/mol. The second-order valence-corrected chi connectivity index (χ2v) is 8.28. The molecule has 5 nitrogen and oxygen atoms in total. The highest BCUT2D eigenvalue weighted by Crippen LogP contribution is 2.23. The van der Waals surface area contributed by atoms with Crippen LogP contribution in [-0.2, 0) is 22.2 Å². The fourth-order valence-electron chi connectivity index (χ4n) is 2.37. The predicted octanol–water partition coefficient (Wildman–Crippen LogP) is 4.31. The van der Waals surface area contributed by atoms with E-state index in [0.29, 0.717) is 33.6 Å². The van der Waals surface area contributed by atoms with E-state index in [0.717, 1.165) is 5.56 Å². The van der Waals surface area contributed by atoms with Crippen molar-refractivity contribution >= 4 is 33.2 Å². The van der Waals surface area contributed by atoms with Gasteiger partial charge in [-0.15, -0.1) is 0 Å². The van der Waals surface area contributed by atoms with Crippen molar-refractivity contribution in [1.82, 2.24) is 9.71 Å². The lowest BCUT2D eigenvalue weighted by Crippen LogP contribution is -2.27. The minimum Gasteiger partial charge on any atom is -0.444 e. The largest absolute Gasteiger partial charge is 0.444 e. The third-order valence-electron chi connectivity index (χ3n) is 3.62. The molecule has 3 aromatic rings. The van der Waals surface area contributed by atoms with E-state index in [4.69, 9.17) is 27.6 Å². The van der Waals surface area contributed by atoms with Crippen molar-refractivity contribution in [2.45, 2.75) is 12.2 Å². The molecule has 0 radical (unpaired) electrons. The molecule has 0 aliphatic rings. The molecule has 0 bridgehead atoms. The first-order valence-electron chi connectivity index (χ1n) is 7.84. The minimum absolute atomic E-state index is 0.169. The summed E-state index contributed by atoms with van der Waals surface area (Å²) >= 11 is 11.8. The van der Waals surface area contributed by atoms with Crippen LogP contribution in [0.25, 0.3) is 11.5 Å². The maximum atomic E-state index is 12.2. The van der Waals surface area contributed by atoms with Crippen molar-refractivity contribution in [3.63, 3.8) is 0 Å². The Bertz CT molecular complexity index is 989. The van der Waals surface area contributed by atoms with Crippen LogP contribution in [0.5, 0.6) is 0 Å². The third kappa shape index (κ3) is 5.08. The summed E-state index contributed by atoms with van der Waals surface area (Å²) < 4.78 is 32.4. The summed E-state index contributed by atoms with van der Waals surface area (Å²) in [4.78, 5) is 4.37. The quantitative estimate of drug-likeness (QED) is 0.629. The molecule has 0 saturated carbocycles. The van der Waals surface area contributed by atoms with Gasteiger partial charge in [0.1, 0.15) is 6.26 Å². The molecule has 8 heteroatoms. The third-order valence-corrected chi connectivity index (χ3v) is 5.71. The van der Waals surface area contributed by atoms with Crippen LogP contribution in [-0.4, -0.2) is 19.9 Å². The van der Waals surface area contributed by atoms with Gasteiger partial charge in [-0.2, -0.15) is 0 Å². The molecule has 0 fully saturated rings. The molecular formula is C18H16Cl2N2O3S. The predicted molar refractivity (Wildman–Crippen MR) is 103 cm³/mol. The molecule has 0 spiro atoms. The summed E-state index contributed by atoms with van der Waals surface area (Å²) in [6, 6.07) is 14.3. The summed E-state index contributed by atoms with van der Waals surface area (Å²) in [6.07, 6.45) is 1.96. The summed E-state index contributed by atoms with van der Waals surface area (Å²) in [6.45, 7) is 0.227. The van der Waals surface area contributed by atoms with Gasteiger partial charge >= 0.3 is 0 Å². The number of nitrogens with one attached hydrogen (secondary N) is 1. The van der Waals surface area contributed by atoms with E-state index in [1.165, 1.54) is 6.26 Å². The Labute approximate surface area is 162 Å². The van der Waals surface area contributed by atoms with E-state index >= 15 is 0 Å². The highest BCUT2D eigenvalue weighted by molar-refractivity contribution is 7.88. The number of nitrogens with zero attached hydrogens (tertiary/aromatic N) is 1. The molecule has 3 rings (SSSR count). The van der Waals surface area contributed by atoms with E-state index in [1.54, 1.807) is 18.2 Å². The number of rotatable bonds is 7. The van der Waals surface area contributed by atoms with Crippen molar-refractivity contribution in [2.75, 3.05) is 6.54 Å². The van der Waals surface area contributed by atoms with Crippen LogP contribution < -0.4 is 4.72 Å². The molecule has 0 unspecified atom stereocenters. The van der Waals surface area contributed by atoms with E-state index in [2.05, 4.69) is 9.71 Å². The zero-order chi connectivity index (χ0) is 18.6. The van der Waals surface area contributed by atoms with Gasteiger partial charge in [0, 0.05) is 18.5 Å². The smallest absolute Gasteiger partial charge is 0.226 e. The molecule has 0 saturated heterocycles. The molecule has 1 N–H and O–H groups in total. The highest BCUT2D eigenvalue weighted by atomic mass is 35.5. The van der Waals surface area contributed by atoms with Crippen molar-refractivity contribution in [1.29, 1.82) is 0 Å². The molecule has 0 aliphatic carbocycles. The van der Waals surface area contributed by atoms with Gasteiger partial charge in [0.2, 0.25) is 15.9 Å². The monoisotopic (exact) mass is 410 g/mol. The van der Waals surface area contributed by atoms with Gasteiger partial charge in [0.25, 0.3) is 0 Å². The van der Waals surface area contributed by atoms with Crippen molar-refractivity contribution < 1.29 is 12.8 Å². The molecule has 26 heavy (non-hydrogen) atoms. The van der Waals surface area contributed by atoms with Gasteiger partial charge in [0.15, 0.2) is 0 Å². The van der Waals surface area contributed by atoms with E-state index < -0.39 is 10.0 Å². The lowest BCUT2D eigenvalue weighted by molar-refractivity contribution is 0.570. The molecule has 0 amide bonds. The Morgan fingerprint density at radius 1 is 1.04 bits per heavy atom. The fourth-order valence-corrected chi connectivity index (χ4v) is 3.82. The van der Waals surface area contributed by atoms with Crippen molar-refractivity contribution in [2.24, 2.45) is 0 Å². The van der Waals surface area contributed by atoms with Crippen LogP contribution in [0.1, 0.15) is 11.3 Å². The van der Waals surface area contributed by atoms with Crippen molar-refractivity contribution in [3.8, 4) is 11.5 Å². The number of hydrogen-bond acceptors (Lipinski definition) is 4. The molecule has 0 atom stereocenters. The summed E-state index contributed by atoms with van der Waals surface area (Å²) in [5, 5.41) is 0.719. The standard InChI is InChI=1S/C18H16Cl2N2O3S/c19-16-7-6-13(10-17(16)20)12-26(23,24)21-9-8-15-11-25-18(22-15)14-4-2-1-3-5-14/h1-7,10-11,21H,8-9,12H2. The minimum atomic E-state index is -3.49. The van der Waals surface area contributed by atoms with E-state index in [9.17, 15) is 8.42 Å².